The molecular formula is C22H42Br2N4O2. The number of nitrogens with zero attached hydrogens (tertiary/aromatic N) is 4. The smallest absolute Gasteiger partial charge is 0.408 e. The molecule has 1 aromatic heterocycles. The molecule has 0 saturated heterocycles. The fourth-order valence-electron chi connectivity index (χ4n) is 2.67. The lowest BCUT2D eigenvalue weighted by Crippen LogP contribution is -2.26. The second kappa shape index (κ2) is 21.5. The summed E-state index contributed by atoms with van der Waals surface area (Å²) >= 11 is 5.88. The van der Waals surface area contributed by atoms with Gasteiger partial charge in [-0.2, -0.15) is 0 Å². The molecule has 0 aliphatic heterocycles. The van der Waals surface area contributed by atoms with Crippen molar-refractivity contribution in [2.45, 2.75) is 45.1 Å². The summed E-state index contributed by atoms with van der Waals surface area (Å²) in [4.78, 5) is 22.0. The Bertz CT molecular complexity index is 532. The van der Waals surface area contributed by atoms with Gasteiger partial charge in [0, 0.05) is 26.8 Å². The van der Waals surface area contributed by atoms with E-state index in [1.165, 1.54) is 50.0 Å². The van der Waals surface area contributed by atoms with E-state index >= 15 is 0 Å². The zero-order valence-electron chi connectivity index (χ0n) is 20.0. The maximum Gasteiger partial charge on any atom is 0.414 e. The van der Waals surface area contributed by atoms with Crippen LogP contribution in [0.1, 0.15) is 44.2 Å². The molecular weight excluding hydrogens is 512 g/mol. The van der Waals surface area contributed by atoms with Crippen LogP contribution in [-0.4, -0.2) is 85.8 Å². The number of halogens is 2. The molecule has 30 heavy (non-hydrogen) atoms. The molecule has 0 unspecified atom stereocenters. The predicted molar refractivity (Wildman–Crippen MR) is 136 cm³/mol. The Morgan fingerprint density at radius 3 is 1.97 bits per heavy atom. The summed E-state index contributed by atoms with van der Waals surface area (Å²) in [5.41, 5.74) is 0.800. The van der Waals surface area contributed by atoms with E-state index in [1.807, 2.05) is 11.7 Å². The van der Waals surface area contributed by atoms with E-state index in [0.29, 0.717) is 12.3 Å². The zero-order valence-corrected chi connectivity index (χ0v) is 23.1. The van der Waals surface area contributed by atoms with Gasteiger partial charge >= 0.3 is 6.09 Å². The van der Waals surface area contributed by atoms with Crippen molar-refractivity contribution >= 4 is 38.0 Å². The van der Waals surface area contributed by atoms with Gasteiger partial charge in [0.1, 0.15) is 0 Å². The number of ether oxygens (including phenoxy) is 1. The van der Waals surface area contributed by atoms with Gasteiger partial charge in [-0.05, 0) is 70.9 Å². The van der Waals surface area contributed by atoms with Crippen LogP contribution in [0.25, 0.3) is 0 Å². The first-order chi connectivity index (χ1) is 14.4. The fraction of sp³-hybridized carbons (Fsp3) is 0.727. The first-order valence-corrected chi connectivity index (χ1v) is 13.5. The summed E-state index contributed by atoms with van der Waals surface area (Å²) in [6, 6.07) is 3.59. The van der Waals surface area contributed by atoms with E-state index in [-0.39, 0.29) is 6.09 Å². The summed E-state index contributed by atoms with van der Waals surface area (Å²) in [7, 11) is 9.69. The molecule has 1 heterocycles. The maximum atomic E-state index is 11.8. The molecule has 0 spiro atoms. The van der Waals surface area contributed by atoms with Crippen LogP contribution >= 0.6 is 31.9 Å². The van der Waals surface area contributed by atoms with Crippen molar-refractivity contribution in [3.63, 3.8) is 0 Å². The van der Waals surface area contributed by atoms with Gasteiger partial charge in [-0.1, -0.05) is 57.5 Å². The van der Waals surface area contributed by atoms with Gasteiger partial charge in [-0.15, -0.1) is 0 Å². The minimum Gasteiger partial charge on any atom is -0.408 e. The Hall–Kier alpha value is -0.700. The average Bonchev–Trinajstić information content (AvgIpc) is 2.74. The molecule has 0 atom stereocenters. The van der Waals surface area contributed by atoms with Crippen LogP contribution in [0.3, 0.4) is 0 Å². The lowest BCUT2D eigenvalue weighted by Gasteiger charge is -2.18. The minimum absolute atomic E-state index is 0.379. The van der Waals surface area contributed by atoms with Crippen LogP contribution in [0.15, 0.2) is 18.3 Å². The molecule has 1 aromatic rings. The molecule has 1 rings (SSSR count). The van der Waals surface area contributed by atoms with E-state index in [4.69, 9.17) is 4.74 Å². The number of amides is 1. The third-order valence-electron chi connectivity index (χ3n) is 4.23. The van der Waals surface area contributed by atoms with E-state index in [9.17, 15) is 4.79 Å². The second-order valence-corrected chi connectivity index (χ2v) is 7.37. The van der Waals surface area contributed by atoms with E-state index < -0.39 is 0 Å². The van der Waals surface area contributed by atoms with Crippen molar-refractivity contribution in [1.29, 1.82) is 0 Å². The van der Waals surface area contributed by atoms with Crippen molar-refractivity contribution in [2.75, 3.05) is 60.0 Å². The second-order valence-electron chi connectivity index (χ2n) is 7.37. The Kier molecular flexibility index (Phi) is 22.6. The largest absolute Gasteiger partial charge is 0.414 e. The van der Waals surface area contributed by atoms with Gasteiger partial charge in [0.15, 0.2) is 5.75 Å². The summed E-state index contributed by atoms with van der Waals surface area (Å²) in [5, 5.41) is 0. The summed E-state index contributed by atoms with van der Waals surface area (Å²) in [6.45, 7) is 2.89. The Morgan fingerprint density at radius 1 is 0.900 bits per heavy atom. The van der Waals surface area contributed by atoms with Gasteiger partial charge in [0.2, 0.25) is 0 Å². The van der Waals surface area contributed by atoms with Crippen molar-refractivity contribution in [3.05, 3.63) is 24.0 Å². The standard InChI is InChI=1S/C20H36N4O2.2CH3Br/c1-22(2)15-10-8-6-7-9-11-16-24(5)17-18-19(13-12-14-21-18)26-20(25)23(3)4;2*1-2/h12-14H,6-11,15-17H2,1-5H3;2*1H3. The van der Waals surface area contributed by atoms with Crippen LogP contribution < -0.4 is 4.74 Å². The lowest BCUT2D eigenvalue weighted by atomic mass is 10.1. The number of carbonyl (C=O) groups excluding carboxylic acids is 1. The van der Waals surface area contributed by atoms with E-state index in [1.54, 1.807) is 32.4 Å². The Balaban J connectivity index is 0. The number of alkyl halides is 2. The molecule has 0 radical (unpaired) electrons. The first-order valence-electron chi connectivity index (χ1n) is 10.3. The van der Waals surface area contributed by atoms with Crippen molar-refractivity contribution in [1.82, 2.24) is 19.7 Å². The van der Waals surface area contributed by atoms with Crippen molar-refractivity contribution < 1.29 is 9.53 Å². The summed E-state index contributed by atoms with van der Waals surface area (Å²) in [5.74, 6) is 4.17. The highest BCUT2D eigenvalue weighted by Gasteiger charge is 2.13. The number of unbranched alkanes of at least 4 members (excludes halogenated alkanes) is 5. The molecule has 0 aromatic carbocycles. The molecule has 0 aliphatic rings. The number of pyridine rings is 1. The number of carbonyl (C=O) groups is 1. The van der Waals surface area contributed by atoms with Gasteiger partial charge in [0.05, 0.1) is 5.69 Å². The predicted octanol–water partition coefficient (Wildman–Crippen LogP) is 5.50. The quantitative estimate of drug-likeness (QED) is 0.253. The molecule has 0 bridgehead atoms. The molecule has 6 nitrogen and oxygen atoms in total. The summed E-state index contributed by atoms with van der Waals surface area (Å²) < 4.78 is 5.40. The molecule has 0 saturated carbocycles. The van der Waals surface area contributed by atoms with Crippen molar-refractivity contribution in [3.8, 4) is 5.75 Å². The number of hydrogen-bond acceptors (Lipinski definition) is 5. The minimum atomic E-state index is -0.379. The highest BCUT2D eigenvalue weighted by molar-refractivity contribution is 9.09. The van der Waals surface area contributed by atoms with Crippen LogP contribution in [-0.2, 0) is 6.54 Å². The topological polar surface area (TPSA) is 48.9 Å². The van der Waals surface area contributed by atoms with E-state index in [2.05, 4.69) is 67.8 Å². The summed E-state index contributed by atoms with van der Waals surface area (Å²) in [6.07, 6.45) is 9.05. The molecule has 176 valence electrons. The highest BCUT2D eigenvalue weighted by Crippen LogP contribution is 2.18. The number of hydrogen-bond donors (Lipinski definition) is 0. The molecule has 0 N–H and O–H groups in total. The maximum absolute atomic E-state index is 11.8. The van der Waals surface area contributed by atoms with E-state index in [0.717, 1.165) is 12.2 Å². The number of aromatic nitrogens is 1. The van der Waals surface area contributed by atoms with Gasteiger partial charge in [-0.25, -0.2) is 4.79 Å². The normalized spacial score (nSPS) is 10.1. The molecule has 8 heteroatoms. The Morgan fingerprint density at radius 2 is 1.43 bits per heavy atom. The van der Waals surface area contributed by atoms with Crippen LogP contribution in [0, 0.1) is 0 Å². The molecule has 1 amide bonds. The average molecular weight is 554 g/mol. The lowest BCUT2D eigenvalue weighted by molar-refractivity contribution is 0.170. The Labute approximate surface area is 201 Å². The molecule has 0 fully saturated rings. The highest BCUT2D eigenvalue weighted by atomic mass is 79.9. The van der Waals surface area contributed by atoms with Crippen LogP contribution in [0.4, 0.5) is 4.79 Å². The van der Waals surface area contributed by atoms with Crippen molar-refractivity contribution in [2.24, 2.45) is 0 Å². The SMILES string of the molecule is CBr.CBr.CN(C)CCCCCCCCN(C)Cc1ncccc1OC(=O)N(C)C. The first kappa shape index (κ1) is 31.5. The van der Waals surface area contributed by atoms with Gasteiger partial charge < -0.3 is 19.4 Å². The zero-order chi connectivity index (χ0) is 23.4. The van der Waals surface area contributed by atoms with Crippen LogP contribution in [0.5, 0.6) is 5.75 Å². The van der Waals surface area contributed by atoms with Gasteiger partial charge in [0.25, 0.3) is 0 Å². The fourth-order valence-corrected chi connectivity index (χ4v) is 2.67. The molecule has 0 aliphatic carbocycles. The monoisotopic (exact) mass is 552 g/mol. The third-order valence-corrected chi connectivity index (χ3v) is 4.23. The van der Waals surface area contributed by atoms with Gasteiger partial charge in [-0.3, -0.25) is 4.98 Å². The van der Waals surface area contributed by atoms with Crippen LogP contribution in [0.2, 0.25) is 0 Å². The third kappa shape index (κ3) is 17.0. The number of rotatable bonds is 12.